The zero-order valence-corrected chi connectivity index (χ0v) is 17.0. The van der Waals surface area contributed by atoms with Crippen molar-refractivity contribution in [3.05, 3.63) is 23.3 Å². The van der Waals surface area contributed by atoms with Crippen molar-refractivity contribution in [1.29, 1.82) is 0 Å². The Morgan fingerprint density at radius 3 is 2.74 bits per heavy atom. The van der Waals surface area contributed by atoms with E-state index in [2.05, 4.69) is 31.3 Å². The van der Waals surface area contributed by atoms with Crippen LogP contribution >= 0.6 is 0 Å². The van der Waals surface area contributed by atoms with Crippen LogP contribution in [0.2, 0.25) is 0 Å². The van der Waals surface area contributed by atoms with Gasteiger partial charge in [0.25, 0.3) is 0 Å². The van der Waals surface area contributed by atoms with E-state index in [9.17, 15) is 9.90 Å². The first-order chi connectivity index (χ1) is 12.9. The molecule has 2 saturated carbocycles. The van der Waals surface area contributed by atoms with Crippen LogP contribution in [0.3, 0.4) is 0 Å². The second-order valence-electron chi connectivity index (χ2n) is 10.5. The van der Waals surface area contributed by atoms with E-state index >= 15 is 0 Å². The van der Waals surface area contributed by atoms with E-state index in [0.717, 1.165) is 25.8 Å². The summed E-state index contributed by atoms with van der Waals surface area (Å²) in [6.07, 6.45) is 14.0. The number of Topliss-reactive ketones (excluding diaryl/α,β-unsaturated/α-hetero) is 1. The number of hydrogen-bond donors (Lipinski definition) is 2. The molecule has 0 aromatic carbocycles. The Morgan fingerprint density at radius 1 is 1.11 bits per heavy atom. The van der Waals surface area contributed by atoms with Crippen molar-refractivity contribution in [2.75, 3.05) is 6.54 Å². The zero-order valence-electron chi connectivity index (χ0n) is 17.0. The third-order valence-electron chi connectivity index (χ3n) is 9.29. The highest BCUT2D eigenvalue weighted by Crippen LogP contribution is 2.65. The van der Waals surface area contributed by atoms with Gasteiger partial charge in [-0.15, -0.1) is 0 Å². The number of allylic oxidation sites excluding steroid dienone is 2. The molecule has 4 aliphatic carbocycles. The lowest BCUT2D eigenvalue weighted by Gasteiger charge is -2.58. The molecular weight excluding hydrogens is 334 g/mol. The summed E-state index contributed by atoms with van der Waals surface area (Å²) in [5, 5.41) is 15.0. The molecule has 1 heterocycles. The molecule has 3 nitrogen and oxygen atoms in total. The van der Waals surface area contributed by atoms with Gasteiger partial charge in [0, 0.05) is 18.9 Å². The number of fused-ring (bicyclic) bond motifs is 5. The van der Waals surface area contributed by atoms with Crippen LogP contribution < -0.4 is 5.32 Å². The fourth-order valence-electron chi connectivity index (χ4n) is 7.73. The van der Waals surface area contributed by atoms with Crippen LogP contribution in [0.4, 0.5) is 0 Å². The molecule has 0 spiro atoms. The summed E-state index contributed by atoms with van der Waals surface area (Å²) in [6.45, 7) is 6.03. The van der Waals surface area contributed by atoms with Crippen LogP contribution in [0.1, 0.15) is 71.6 Å². The molecule has 1 aliphatic heterocycles. The van der Waals surface area contributed by atoms with Gasteiger partial charge in [0.05, 0.1) is 6.10 Å². The Labute approximate surface area is 163 Å². The molecule has 0 radical (unpaired) electrons. The van der Waals surface area contributed by atoms with Crippen LogP contribution in [0.25, 0.3) is 0 Å². The summed E-state index contributed by atoms with van der Waals surface area (Å²) in [6, 6.07) is 0.556. The van der Waals surface area contributed by atoms with E-state index in [1.54, 1.807) is 5.57 Å². The summed E-state index contributed by atoms with van der Waals surface area (Å²) in [4.78, 5) is 12.0. The van der Waals surface area contributed by atoms with E-state index in [1.165, 1.54) is 37.7 Å². The van der Waals surface area contributed by atoms with Crippen molar-refractivity contribution in [1.82, 2.24) is 5.32 Å². The molecular formula is C24H35NO2. The Kier molecular flexibility index (Phi) is 4.22. The minimum absolute atomic E-state index is 0.130. The predicted molar refractivity (Wildman–Crippen MR) is 107 cm³/mol. The average molecular weight is 370 g/mol. The molecule has 5 rings (SSSR count). The lowest BCUT2D eigenvalue weighted by Crippen LogP contribution is -2.55. The quantitative estimate of drug-likeness (QED) is 0.682. The van der Waals surface area contributed by atoms with Gasteiger partial charge in [0.1, 0.15) is 5.78 Å². The minimum Gasteiger partial charge on any atom is -0.389 e. The molecule has 7 atom stereocenters. The molecule has 1 saturated heterocycles. The second kappa shape index (κ2) is 6.29. The van der Waals surface area contributed by atoms with Crippen LogP contribution in [0.15, 0.2) is 23.3 Å². The molecule has 27 heavy (non-hydrogen) atoms. The highest BCUT2D eigenvalue weighted by molar-refractivity contribution is 5.82. The zero-order chi connectivity index (χ0) is 18.8. The van der Waals surface area contributed by atoms with Crippen molar-refractivity contribution in [3.63, 3.8) is 0 Å². The lowest BCUT2D eigenvalue weighted by molar-refractivity contribution is -0.123. The van der Waals surface area contributed by atoms with E-state index in [4.69, 9.17) is 0 Å². The Bertz CT molecular complexity index is 703. The van der Waals surface area contributed by atoms with Gasteiger partial charge in [0.15, 0.2) is 0 Å². The fraction of sp³-hybridized carbons (Fsp3) is 0.792. The number of hydrogen-bond acceptors (Lipinski definition) is 3. The number of rotatable bonds is 1. The second-order valence-corrected chi connectivity index (χ2v) is 10.5. The third kappa shape index (κ3) is 2.57. The largest absolute Gasteiger partial charge is 0.389 e. The van der Waals surface area contributed by atoms with Gasteiger partial charge >= 0.3 is 0 Å². The van der Waals surface area contributed by atoms with Crippen molar-refractivity contribution in [3.8, 4) is 0 Å². The Morgan fingerprint density at radius 2 is 1.96 bits per heavy atom. The topological polar surface area (TPSA) is 49.3 Å². The maximum absolute atomic E-state index is 12.0. The molecule has 3 fully saturated rings. The van der Waals surface area contributed by atoms with Crippen molar-refractivity contribution < 1.29 is 9.90 Å². The van der Waals surface area contributed by atoms with E-state index in [0.29, 0.717) is 36.0 Å². The number of ketones is 1. The number of nitrogens with one attached hydrogen (secondary N) is 1. The summed E-state index contributed by atoms with van der Waals surface area (Å²) in [7, 11) is 0. The maximum atomic E-state index is 12.0. The van der Waals surface area contributed by atoms with Crippen LogP contribution in [0, 0.1) is 28.6 Å². The number of carbonyl (C=O) groups is 1. The van der Waals surface area contributed by atoms with Gasteiger partial charge in [-0.3, -0.25) is 4.79 Å². The van der Waals surface area contributed by atoms with Gasteiger partial charge in [-0.1, -0.05) is 43.6 Å². The molecule has 3 heteroatoms. The Balaban J connectivity index is 1.47. The standard InChI is InChI=1S/C24H35NO2/c1-23-10-8-16(26)13-15(23)14-21(27)22-18-7-6-17(20-5-3-4-12-25-20)24(18,2)11-9-19(22)23/h6,14,18-22,25,27H,3-5,7-13H2,1-2H3/t18-,19-,20?,21+,22-,23-,24+/m0/s1. The number of piperidine rings is 1. The van der Waals surface area contributed by atoms with Crippen molar-refractivity contribution in [2.24, 2.45) is 28.6 Å². The molecule has 0 bridgehead atoms. The molecule has 1 unspecified atom stereocenters. The van der Waals surface area contributed by atoms with Crippen LogP contribution in [-0.4, -0.2) is 29.6 Å². The van der Waals surface area contributed by atoms with Crippen molar-refractivity contribution >= 4 is 5.78 Å². The first-order valence-electron chi connectivity index (χ1n) is 11.3. The van der Waals surface area contributed by atoms with Crippen LogP contribution in [0.5, 0.6) is 0 Å². The monoisotopic (exact) mass is 369 g/mol. The van der Waals surface area contributed by atoms with Gasteiger partial charge in [-0.05, 0) is 73.7 Å². The Hall–Kier alpha value is -0.930. The smallest absolute Gasteiger partial charge is 0.136 e. The number of carbonyl (C=O) groups excluding carboxylic acids is 1. The van der Waals surface area contributed by atoms with E-state index < -0.39 is 0 Å². The number of aliphatic hydroxyl groups excluding tert-OH is 1. The first-order valence-corrected chi connectivity index (χ1v) is 11.3. The average Bonchev–Trinajstić information content (AvgIpc) is 3.01. The van der Waals surface area contributed by atoms with Gasteiger partial charge in [0.2, 0.25) is 0 Å². The predicted octanol–water partition coefficient (Wildman–Crippen LogP) is 4.17. The lowest BCUT2D eigenvalue weighted by atomic mass is 9.46. The third-order valence-corrected chi connectivity index (χ3v) is 9.29. The summed E-state index contributed by atoms with van der Waals surface area (Å²) < 4.78 is 0. The SMILES string of the molecule is C[C@]12CCC(=O)CC1=C[C@@H](O)[C@@H]1[C@@H]2CC[C@]2(C)C(C3CCCCN3)=CC[C@@H]12. The molecule has 0 amide bonds. The molecule has 0 aromatic rings. The van der Waals surface area contributed by atoms with Crippen LogP contribution in [-0.2, 0) is 4.79 Å². The van der Waals surface area contributed by atoms with Gasteiger partial charge in [-0.25, -0.2) is 0 Å². The normalized spacial score (nSPS) is 49.6. The summed E-state index contributed by atoms with van der Waals surface area (Å²) >= 11 is 0. The van der Waals surface area contributed by atoms with E-state index in [-0.39, 0.29) is 16.9 Å². The molecule has 2 N–H and O–H groups in total. The first kappa shape index (κ1) is 18.1. The van der Waals surface area contributed by atoms with Crippen molar-refractivity contribution in [2.45, 2.75) is 83.8 Å². The molecule has 0 aromatic heterocycles. The van der Waals surface area contributed by atoms with E-state index in [1.807, 2.05) is 0 Å². The minimum atomic E-state index is -0.374. The summed E-state index contributed by atoms with van der Waals surface area (Å²) in [5.41, 5.74) is 3.27. The summed E-state index contributed by atoms with van der Waals surface area (Å²) in [5.74, 6) is 1.80. The molecule has 5 aliphatic rings. The molecule has 148 valence electrons. The van der Waals surface area contributed by atoms with Gasteiger partial charge < -0.3 is 10.4 Å². The highest BCUT2D eigenvalue weighted by Gasteiger charge is 2.59. The maximum Gasteiger partial charge on any atom is 0.136 e. The fourth-order valence-corrected chi connectivity index (χ4v) is 7.73. The highest BCUT2D eigenvalue weighted by atomic mass is 16.3. The number of aliphatic hydroxyl groups is 1. The van der Waals surface area contributed by atoms with Gasteiger partial charge in [-0.2, -0.15) is 0 Å².